The molecule has 0 saturated carbocycles. The number of ether oxygens (including phenoxy) is 1. The molecule has 1 aromatic heterocycles. The molecule has 1 amide bonds. The molecule has 8 heteroatoms. The molecule has 3 aromatic rings. The molecule has 2 aliphatic heterocycles. The average Bonchev–Trinajstić information content (AvgIpc) is 3.14. The van der Waals surface area contributed by atoms with E-state index in [-0.39, 0.29) is 30.3 Å². The van der Waals surface area contributed by atoms with Gasteiger partial charge in [-0.1, -0.05) is 18.2 Å². The summed E-state index contributed by atoms with van der Waals surface area (Å²) in [5.74, 6) is 0.0498. The Morgan fingerprint density at radius 1 is 1.19 bits per heavy atom. The van der Waals surface area contributed by atoms with Gasteiger partial charge in [-0.15, -0.1) is 0 Å². The van der Waals surface area contributed by atoms with E-state index in [1.54, 1.807) is 25.5 Å². The van der Waals surface area contributed by atoms with E-state index in [1.165, 1.54) is 17.0 Å². The summed E-state index contributed by atoms with van der Waals surface area (Å²) >= 11 is 0. The van der Waals surface area contributed by atoms with Crippen molar-refractivity contribution in [3.63, 3.8) is 0 Å². The average molecular weight is 434 g/mol. The van der Waals surface area contributed by atoms with Gasteiger partial charge in [0.1, 0.15) is 5.82 Å². The minimum absolute atomic E-state index is 0.0920. The predicted octanol–water partition coefficient (Wildman–Crippen LogP) is 2.77. The van der Waals surface area contributed by atoms with Gasteiger partial charge >= 0.3 is 0 Å². The van der Waals surface area contributed by atoms with Crippen molar-refractivity contribution in [3.8, 4) is 11.1 Å². The number of anilines is 2. The van der Waals surface area contributed by atoms with Crippen molar-refractivity contribution in [2.24, 2.45) is 0 Å². The van der Waals surface area contributed by atoms with E-state index >= 15 is 0 Å². The number of hydrogen-bond acceptors (Lipinski definition) is 6. The number of carbonyl (C=O) groups excluding carboxylic acids is 1. The highest BCUT2D eigenvalue weighted by atomic mass is 19.1. The van der Waals surface area contributed by atoms with Gasteiger partial charge in [-0.25, -0.2) is 14.4 Å². The number of likely N-dealkylation sites (N-methyl/N-ethyl adjacent to an activating group) is 1. The first-order valence-electron chi connectivity index (χ1n) is 10.4. The number of amides is 1. The Bertz CT molecular complexity index is 1160. The van der Waals surface area contributed by atoms with E-state index in [2.05, 4.69) is 9.97 Å². The second kappa shape index (κ2) is 7.96. The molecule has 1 spiro atoms. The summed E-state index contributed by atoms with van der Waals surface area (Å²) in [5, 5.41) is 9.15. The number of nitrogens with zero attached hydrogens (tertiary/aromatic N) is 4. The third-order valence-corrected chi connectivity index (χ3v) is 6.14. The molecule has 2 aliphatic rings. The molecular formula is C24H23FN4O3. The molecule has 164 valence electrons. The summed E-state index contributed by atoms with van der Waals surface area (Å²) in [4.78, 5) is 25.4. The lowest BCUT2D eigenvalue weighted by Crippen LogP contribution is -2.49. The quantitative estimate of drug-likeness (QED) is 0.665. The highest BCUT2D eigenvalue weighted by molar-refractivity contribution is 5.96. The first-order valence-corrected chi connectivity index (χ1v) is 10.4. The number of aromatic nitrogens is 2. The summed E-state index contributed by atoms with van der Waals surface area (Å²) in [6, 6.07) is 12.0. The van der Waals surface area contributed by atoms with Crippen LogP contribution in [0.15, 0.2) is 54.9 Å². The zero-order chi connectivity index (χ0) is 22.3. The predicted molar refractivity (Wildman–Crippen MR) is 117 cm³/mol. The fourth-order valence-electron chi connectivity index (χ4n) is 4.33. The Morgan fingerprint density at radius 2 is 1.97 bits per heavy atom. The van der Waals surface area contributed by atoms with Gasteiger partial charge in [0, 0.05) is 49.3 Å². The van der Waals surface area contributed by atoms with Crippen molar-refractivity contribution < 1.29 is 19.0 Å². The molecule has 1 saturated heterocycles. The number of aliphatic hydroxyl groups is 1. The van der Waals surface area contributed by atoms with E-state index < -0.39 is 0 Å². The zero-order valence-electron chi connectivity index (χ0n) is 17.7. The molecule has 5 rings (SSSR count). The van der Waals surface area contributed by atoms with Crippen LogP contribution in [0.4, 0.5) is 16.0 Å². The second-order valence-electron chi connectivity index (χ2n) is 8.32. The Hall–Kier alpha value is -3.36. The first kappa shape index (κ1) is 20.5. The highest BCUT2D eigenvalue weighted by Gasteiger charge is 2.49. The van der Waals surface area contributed by atoms with Crippen molar-refractivity contribution in [2.75, 3.05) is 44.9 Å². The summed E-state index contributed by atoms with van der Waals surface area (Å²) in [5.41, 5.74) is 3.83. The maximum atomic E-state index is 13.6. The third kappa shape index (κ3) is 3.41. The third-order valence-electron chi connectivity index (χ3n) is 6.14. The molecule has 0 bridgehead atoms. The zero-order valence-corrected chi connectivity index (χ0v) is 17.7. The minimum Gasteiger partial charge on any atom is -0.395 e. The molecule has 7 nitrogen and oxygen atoms in total. The molecule has 0 unspecified atom stereocenters. The van der Waals surface area contributed by atoms with Crippen LogP contribution in [0.3, 0.4) is 0 Å². The van der Waals surface area contributed by atoms with Gasteiger partial charge in [-0.2, -0.15) is 0 Å². The lowest BCUT2D eigenvalue weighted by molar-refractivity contribution is -0.0507. The SMILES string of the molecule is CN(CCO)C(=O)c1ccc2c(c1)N(c1ncc(-c3cccc(F)c3)cn1)CC21COC1. The van der Waals surface area contributed by atoms with E-state index in [9.17, 15) is 9.18 Å². The Balaban J connectivity index is 1.49. The smallest absolute Gasteiger partial charge is 0.253 e. The lowest BCUT2D eigenvalue weighted by Gasteiger charge is -2.38. The van der Waals surface area contributed by atoms with Crippen molar-refractivity contribution in [2.45, 2.75) is 5.41 Å². The monoisotopic (exact) mass is 434 g/mol. The summed E-state index contributed by atoms with van der Waals surface area (Å²) in [6.07, 6.45) is 3.37. The number of rotatable bonds is 5. The number of aliphatic hydroxyl groups excluding tert-OH is 1. The van der Waals surface area contributed by atoms with Crippen LogP contribution in [-0.2, 0) is 10.2 Å². The highest BCUT2D eigenvalue weighted by Crippen LogP contribution is 2.47. The molecule has 1 N–H and O–H groups in total. The van der Waals surface area contributed by atoms with E-state index in [4.69, 9.17) is 9.84 Å². The van der Waals surface area contributed by atoms with Gasteiger partial charge in [0.25, 0.3) is 5.91 Å². The van der Waals surface area contributed by atoms with Crippen LogP contribution in [0.1, 0.15) is 15.9 Å². The molecule has 0 radical (unpaired) electrons. The van der Waals surface area contributed by atoms with Crippen molar-refractivity contribution in [1.82, 2.24) is 14.9 Å². The molecular weight excluding hydrogens is 411 g/mol. The van der Waals surface area contributed by atoms with Crippen molar-refractivity contribution >= 4 is 17.5 Å². The summed E-state index contributed by atoms with van der Waals surface area (Å²) in [7, 11) is 1.67. The molecule has 1 fully saturated rings. The Morgan fingerprint density at radius 3 is 2.62 bits per heavy atom. The van der Waals surface area contributed by atoms with E-state index in [1.807, 2.05) is 29.2 Å². The molecule has 0 aliphatic carbocycles. The van der Waals surface area contributed by atoms with Gasteiger partial charge in [0.05, 0.1) is 25.2 Å². The fourth-order valence-corrected chi connectivity index (χ4v) is 4.33. The van der Waals surface area contributed by atoms with Gasteiger partial charge < -0.3 is 19.6 Å². The maximum absolute atomic E-state index is 13.6. The molecule has 2 aromatic carbocycles. The van der Waals surface area contributed by atoms with Crippen molar-refractivity contribution in [1.29, 1.82) is 0 Å². The van der Waals surface area contributed by atoms with Crippen LogP contribution in [0.2, 0.25) is 0 Å². The van der Waals surface area contributed by atoms with Crippen LogP contribution in [0, 0.1) is 5.82 Å². The second-order valence-corrected chi connectivity index (χ2v) is 8.32. The lowest BCUT2D eigenvalue weighted by atomic mass is 9.80. The standard InChI is InChI=1S/C24H23FN4O3/c1-28(7-8-30)22(31)17-5-6-20-21(10-17)29(13-24(20)14-32-15-24)23-26-11-18(12-27-23)16-3-2-4-19(25)9-16/h2-6,9-12,30H,7-8,13-15H2,1H3. The van der Waals surface area contributed by atoms with Crippen LogP contribution in [0.5, 0.6) is 0 Å². The van der Waals surface area contributed by atoms with Gasteiger partial charge in [-0.3, -0.25) is 4.79 Å². The first-order chi connectivity index (χ1) is 15.5. The van der Waals surface area contributed by atoms with Crippen LogP contribution in [-0.4, -0.2) is 65.8 Å². The Labute approximate surface area is 185 Å². The van der Waals surface area contributed by atoms with Crippen LogP contribution >= 0.6 is 0 Å². The molecule has 32 heavy (non-hydrogen) atoms. The number of hydrogen-bond donors (Lipinski definition) is 1. The van der Waals surface area contributed by atoms with Gasteiger partial charge in [0.15, 0.2) is 0 Å². The summed E-state index contributed by atoms with van der Waals surface area (Å²) in [6.45, 7) is 2.05. The number of carbonyl (C=O) groups is 1. The van der Waals surface area contributed by atoms with Crippen LogP contribution in [0.25, 0.3) is 11.1 Å². The maximum Gasteiger partial charge on any atom is 0.253 e. The van der Waals surface area contributed by atoms with E-state index in [0.29, 0.717) is 36.8 Å². The molecule has 3 heterocycles. The topological polar surface area (TPSA) is 78.8 Å². The fraction of sp³-hybridized carbons (Fsp3) is 0.292. The van der Waals surface area contributed by atoms with E-state index in [0.717, 1.165) is 16.8 Å². The minimum atomic E-state index is -0.310. The Kier molecular flexibility index (Phi) is 5.11. The summed E-state index contributed by atoms with van der Waals surface area (Å²) < 4.78 is 19.1. The number of fused-ring (bicyclic) bond motifs is 2. The van der Waals surface area contributed by atoms with Gasteiger partial charge in [-0.05, 0) is 35.4 Å². The normalized spacial score (nSPS) is 16.0. The molecule has 0 atom stereocenters. The van der Waals surface area contributed by atoms with Gasteiger partial charge in [0.2, 0.25) is 5.95 Å². The number of halogens is 1. The van der Waals surface area contributed by atoms with Crippen molar-refractivity contribution in [3.05, 3.63) is 71.8 Å². The van der Waals surface area contributed by atoms with Crippen LogP contribution < -0.4 is 4.90 Å². The number of benzene rings is 2. The largest absolute Gasteiger partial charge is 0.395 e.